The van der Waals surface area contributed by atoms with Crippen molar-refractivity contribution in [2.45, 2.75) is 38.6 Å². The van der Waals surface area contributed by atoms with Gasteiger partial charge >= 0.3 is 0 Å². The van der Waals surface area contributed by atoms with Gasteiger partial charge in [0.15, 0.2) is 0 Å². The van der Waals surface area contributed by atoms with Gasteiger partial charge in [0.1, 0.15) is 0 Å². The summed E-state index contributed by atoms with van der Waals surface area (Å²) in [5.41, 5.74) is 8.45. The molecule has 90 valence electrons. The first kappa shape index (κ1) is 13.0. The smallest absolute Gasteiger partial charge is 0.0442 e. The summed E-state index contributed by atoms with van der Waals surface area (Å²) >= 11 is 0. The summed E-state index contributed by atoms with van der Waals surface area (Å²) in [6.07, 6.45) is 4.67. The fraction of sp³-hybridized carbons (Fsp3) is 0.615. The minimum Gasteiger partial charge on any atom is -0.378 e. The number of aromatic nitrogens is 1. The highest BCUT2D eigenvalue weighted by Gasteiger charge is 2.21. The van der Waals surface area contributed by atoms with E-state index in [2.05, 4.69) is 29.8 Å². The minimum absolute atomic E-state index is 0.113. The zero-order chi connectivity index (χ0) is 12.2. The Bertz CT molecular complexity index is 330. The molecule has 1 aromatic heterocycles. The molecule has 0 unspecified atom stereocenters. The van der Waals surface area contributed by atoms with Gasteiger partial charge in [-0.15, -0.1) is 0 Å². The van der Waals surface area contributed by atoms with E-state index in [0.29, 0.717) is 0 Å². The summed E-state index contributed by atoms with van der Waals surface area (Å²) in [7, 11) is 4.07. The minimum atomic E-state index is -0.113. The molecule has 0 aliphatic heterocycles. The molecule has 0 aliphatic carbocycles. The van der Waals surface area contributed by atoms with Crippen LogP contribution in [0.5, 0.6) is 0 Å². The molecule has 0 aliphatic rings. The maximum absolute atomic E-state index is 6.30. The van der Waals surface area contributed by atoms with Gasteiger partial charge in [0, 0.05) is 43.6 Å². The van der Waals surface area contributed by atoms with E-state index in [1.807, 2.05) is 26.4 Å². The molecular formula is C13H23N3. The average molecular weight is 221 g/mol. The Hall–Kier alpha value is -1.09. The molecule has 2 N–H and O–H groups in total. The quantitative estimate of drug-likeness (QED) is 0.829. The maximum Gasteiger partial charge on any atom is 0.0442 e. The molecule has 3 heteroatoms. The average Bonchev–Trinajstić information content (AvgIpc) is 2.29. The third-order valence-corrected chi connectivity index (χ3v) is 3.26. The first-order chi connectivity index (χ1) is 7.50. The lowest BCUT2D eigenvalue weighted by Crippen LogP contribution is -2.40. The van der Waals surface area contributed by atoms with Crippen molar-refractivity contribution in [3.05, 3.63) is 24.0 Å². The van der Waals surface area contributed by atoms with Gasteiger partial charge in [0.2, 0.25) is 0 Å². The molecule has 0 spiro atoms. The molecule has 1 rings (SSSR count). The number of rotatable bonds is 5. The molecule has 0 bridgehead atoms. The van der Waals surface area contributed by atoms with Crippen LogP contribution in [0.25, 0.3) is 0 Å². The molecule has 0 atom stereocenters. The normalized spacial score (nSPS) is 11.6. The Morgan fingerprint density at radius 3 is 2.44 bits per heavy atom. The number of nitrogens with zero attached hydrogens (tertiary/aromatic N) is 2. The highest BCUT2D eigenvalue weighted by molar-refractivity contribution is 5.44. The van der Waals surface area contributed by atoms with Crippen LogP contribution >= 0.6 is 0 Å². The van der Waals surface area contributed by atoms with Gasteiger partial charge < -0.3 is 10.6 Å². The van der Waals surface area contributed by atoms with Gasteiger partial charge in [-0.25, -0.2) is 0 Å². The molecule has 16 heavy (non-hydrogen) atoms. The van der Waals surface area contributed by atoms with Gasteiger partial charge in [-0.1, -0.05) is 13.8 Å². The number of nitrogens with two attached hydrogens (primary N) is 1. The van der Waals surface area contributed by atoms with Crippen LogP contribution in [0.1, 0.15) is 32.4 Å². The summed E-state index contributed by atoms with van der Waals surface area (Å²) in [6, 6.07) is 4.13. The van der Waals surface area contributed by atoms with Crippen molar-refractivity contribution in [2.75, 3.05) is 19.0 Å². The Morgan fingerprint density at radius 1 is 1.31 bits per heavy atom. The van der Waals surface area contributed by atoms with Crippen LogP contribution in [-0.4, -0.2) is 24.6 Å². The third kappa shape index (κ3) is 3.20. The lowest BCUT2D eigenvalue weighted by Gasteiger charge is -2.26. The topological polar surface area (TPSA) is 42.1 Å². The fourth-order valence-corrected chi connectivity index (χ4v) is 1.70. The van der Waals surface area contributed by atoms with Crippen LogP contribution < -0.4 is 10.6 Å². The number of hydrogen-bond acceptors (Lipinski definition) is 3. The van der Waals surface area contributed by atoms with E-state index in [-0.39, 0.29) is 5.54 Å². The Morgan fingerprint density at radius 2 is 1.94 bits per heavy atom. The summed E-state index contributed by atoms with van der Waals surface area (Å²) in [5, 5.41) is 0. The molecule has 3 nitrogen and oxygen atoms in total. The predicted molar refractivity (Wildman–Crippen MR) is 69.8 cm³/mol. The predicted octanol–water partition coefficient (Wildman–Crippen LogP) is 2.21. The van der Waals surface area contributed by atoms with E-state index in [0.717, 1.165) is 25.0 Å². The second-order valence-electron chi connectivity index (χ2n) is 4.65. The Balaban J connectivity index is 2.85. The van der Waals surface area contributed by atoms with Crippen LogP contribution in [0.15, 0.2) is 18.3 Å². The van der Waals surface area contributed by atoms with E-state index < -0.39 is 0 Å². The van der Waals surface area contributed by atoms with Crippen molar-refractivity contribution < 1.29 is 0 Å². The van der Waals surface area contributed by atoms with Crippen LogP contribution in [0.2, 0.25) is 0 Å². The number of hydrogen-bond donors (Lipinski definition) is 1. The third-order valence-electron chi connectivity index (χ3n) is 3.26. The van der Waals surface area contributed by atoms with Crippen LogP contribution in [0, 0.1) is 0 Å². The number of pyridine rings is 1. The van der Waals surface area contributed by atoms with Crippen molar-refractivity contribution in [1.82, 2.24) is 4.98 Å². The molecule has 0 aromatic carbocycles. The standard InChI is InChI=1S/C13H23N3/c1-5-13(14,6-2)10-11-9-12(16(3)4)7-8-15-11/h7-9H,5-6,10,14H2,1-4H3. The summed E-state index contributed by atoms with van der Waals surface area (Å²) < 4.78 is 0. The largest absolute Gasteiger partial charge is 0.378 e. The van der Waals surface area contributed by atoms with Crippen molar-refractivity contribution >= 4 is 5.69 Å². The monoisotopic (exact) mass is 221 g/mol. The van der Waals surface area contributed by atoms with E-state index in [9.17, 15) is 0 Å². The van der Waals surface area contributed by atoms with Gasteiger partial charge in [-0.3, -0.25) is 4.98 Å². The molecule has 0 radical (unpaired) electrons. The van der Waals surface area contributed by atoms with E-state index in [1.165, 1.54) is 5.69 Å². The van der Waals surface area contributed by atoms with Crippen molar-refractivity contribution in [3.63, 3.8) is 0 Å². The first-order valence-corrected chi connectivity index (χ1v) is 5.92. The highest BCUT2D eigenvalue weighted by atomic mass is 15.1. The molecule has 0 saturated heterocycles. The summed E-state index contributed by atoms with van der Waals surface area (Å²) in [4.78, 5) is 6.48. The second kappa shape index (κ2) is 5.30. The summed E-state index contributed by atoms with van der Waals surface area (Å²) in [5.74, 6) is 0. The summed E-state index contributed by atoms with van der Waals surface area (Å²) in [6.45, 7) is 4.28. The van der Waals surface area contributed by atoms with Gasteiger partial charge in [0.05, 0.1) is 0 Å². The van der Waals surface area contributed by atoms with Gasteiger partial charge in [-0.05, 0) is 25.0 Å². The van der Waals surface area contributed by atoms with Crippen LogP contribution in [-0.2, 0) is 6.42 Å². The Labute approximate surface area is 98.7 Å². The molecule has 1 heterocycles. The fourth-order valence-electron chi connectivity index (χ4n) is 1.70. The zero-order valence-electron chi connectivity index (χ0n) is 10.8. The lowest BCUT2D eigenvalue weighted by atomic mass is 9.88. The van der Waals surface area contributed by atoms with Crippen LogP contribution in [0.3, 0.4) is 0 Å². The van der Waals surface area contributed by atoms with Gasteiger partial charge in [0.25, 0.3) is 0 Å². The van der Waals surface area contributed by atoms with E-state index >= 15 is 0 Å². The molecular weight excluding hydrogens is 198 g/mol. The van der Waals surface area contributed by atoms with Crippen LogP contribution in [0.4, 0.5) is 5.69 Å². The van der Waals surface area contributed by atoms with Crippen molar-refractivity contribution in [1.29, 1.82) is 0 Å². The highest BCUT2D eigenvalue weighted by Crippen LogP contribution is 2.19. The van der Waals surface area contributed by atoms with E-state index in [1.54, 1.807) is 0 Å². The SMILES string of the molecule is CCC(N)(CC)Cc1cc(N(C)C)ccn1. The molecule has 0 fully saturated rings. The van der Waals surface area contributed by atoms with Crippen molar-refractivity contribution in [2.24, 2.45) is 5.73 Å². The molecule has 0 amide bonds. The zero-order valence-corrected chi connectivity index (χ0v) is 10.8. The molecule has 0 saturated carbocycles. The van der Waals surface area contributed by atoms with E-state index in [4.69, 9.17) is 5.73 Å². The lowest BCUT2D eigenvalue weighted by molar-refractivity contribution is 0.389. The Kier molecular flexibility index (Phi) is 4.30. The first-order valence-electron chi connectivity index (χ1n) is 5.92. The van der Waals surface area contributed by atoms with Crippen molar-refractivity contribution in [3.8, 4) is 0 Å². The molecule has 1 aromatic rings. The maximum atomic E-state index is 6.30. The number of anilines is 1. The second-order valence-corrected chi connectivity index (χ2v) is 4.65. The van der Waals surface area contributed by atoms with Gasteiger partial charge in [-0.2, -0.15) is 0 Å².